The number of non-ortho nitro benzene ring substituents is 1. The first-order valence-corrected chi connectivity index (χ1v) is 12.6. The number of nitrogens with zero attached hydrogens (tertiary/aromatic N) is 2. The van der Waals surface area contributed by atoms with Gasteiger partial charge in [0, 0.05) is 28.6 Å². The molecule has 0 spiro atoms. The van der Waals surface area contributed by atoms with Crippen LogP contribution in [-0.4, -0.2) is 35.4 Å². The van der Waals surface area contributed by atoms with Crippen LogP contribution in [0.1, 0.15) is 26.3 Å². The van der Waals surface area contributed by atoms with Gasteiger partial charge in [-0.3, -0.25) is 14.9 Å². The molecular weight excluding hydrogens is 524 g/mol. The van der Waals surface area contributed by atoms with Gasteiger partial charge in [0.1, 0.15) is 17.2 Å². The third-order valence-electron chi connectivity index (χ3n) is 6.36. The molecule has 5 aromatic rings. The van der Waals surface area contributed by atoms with Gasteiger partial charge in [-0.2, -0.15) is 0 Å². The maximum absolute atomic E-state index is 13.2. The lowest BCUT2D eigenvalue weighted by Gasteiger charge is -2.11. The van der Waals surface area contributed by atoms with Crippen LogP contribution in [0.5, 0.6) is 17.2 Å². The number of aryl methyl sites for hydroxylation is 1. The fourth-order valence-electron chi connectivity index (χ4n) is 4.19. The molecule has 204 valence electrons. The number of pyridine rings is 1. The van der Waals surface area contributed by atoms with Gasteiger partial charge < -0.3 is 14.2 Å². The highest BCUT2D eigenvalue weighted by atomic mass is 16.6. The van der Waals surface area contributed by atoms with Crippen molar-refractivity contribution in [3.63, 3.8) is 0 Å². The number of carbonyl (C=O) groups excluding carboxylic acids is 2. The number of aromatic nitrogens is 1. The predicted molar refractivity (Wildman–Crippen MR) is 153 cm³/mol. The molecular formula is C32H24N2O7. The summed E-state index contributed by atoms with van der Waals surface area (Å²) >= 11 is 0. The van der Waals surface area contributed by atoms with Crippen molar-refractivity contribution >= 4 is 28.3 Å². The summed E-state index contributed by atoms with van der Waals surface area (Å²) in [7, 11) is 1.59. The third kappa shape index (κ3) is 6.20. The van der Waals surface area contributed by atoms with Crippen molar-refractivity contribution in [3.05, 3.63) is 124 Å². The summed E-state index contributed by atoms with van der Waals surface area (Å²) in [5, 5.41) is 11.4. The highest BCUT2D eigenvalue weighted by Gasteiger charge is 2.18. The summed E-state index contributed by atoms with van der Waals surface area (Å²) in [6, 6.07) is 26.6. The Morgan fingerprint density at radius 2 is 1.46 bits per heavy atom. The van der Waals surface area contributed by atoms with Crippen molar-refractivity contribution in [3.8, 4) is 28.5 Å². The molecule has 0 radical (unpaired) electrons. The van der Waals surface area contributed by atoms with Crippen LogP contribution in [0.25, 0.3) is 22.2 Å². The minimum Gasteiger partial charge on any atom is -0.497 e. The topological polar surface area (TPSA) is 118 Å². The Morgan fingerprint density at radius 1 is 0.829 bits per heavy atom. The van der Waals surface area contributed by atoms with E-state index in [-0.39, 0.29) is 11.5 Å². The fourth-order valence-corrected chi connectivity index (χ4v) is 4.19. The lowest BCUT2D eigenvalue weighted by molar-refractivity contribution is -0.384. The number of hydrogen-bond acceptors (Lipinski definition) is 8. The van der Waals surface area contributed by atoms with E-state index in [2.05, 4.69) is 0 Å². The molecule has 0 aliphatic heterocycles. The molecule has 0 unspecified atom stereocenters. The second kappa shape index (κ2) is 11.7. The van der Waals surface area contributed by atoms with Gasteiger partial charge in [-0.25, -0.2) is 9.78 Å². The summed E-state index contributed by atoms with van der Waals surface area (Å²) in [4.78, 5) is 41.1. The molecule has 9 heteroatoms. The van der Waals surface area contributed by atoms with Crippen LogP contribution >= 0.6 is 0 Å². The van der Waals surface area contributed by atoms with E-state index in [0.717, 1.165) is 11.1 Å². The molecule has 0 bridgehead atoms. The maximum Gasteiger partial charge on any atom is 0.339 e. The zero-order valence-corrected chi connectivity index (χ0v) is 22.2. The van der Waals surface area contributed by atoms with Crippen LogP contribution in [0, 0.1) is 17.0 Å². The Kier molecular flexibility index (Phi) is 7.69. The molecule has 1 aromatic heterocycles. The third-order valence-corrected chi connectivity index (χ3v) is 6.36. The maximum atomic E-state index is 13.2. The average Bonchev–Trinajstić information content (AvgIpc) is 3.00. The summed E-state index contributed by atoms with van der Waals surface area (Å²) in [6.07, 6.45) is 0. The zero-order chi connectivity index (χ0) is 28.9. The molecule has 0 fully saturated rings. The van der Waals surface area contributed by atoms with E-state index in [1.54, 1.807) is 37.4 Å². The molecule has 0 atom stereocenters. The predicted octanol–water partition coefficient (Wildman–Crippen LogP) is 6.96. The standard InChI is InChI=1S/C32H24N2O7/c1-20-3-16-29-27(17-20)28(18-30(33-29)21-4-10-24(39-2)11-5-21)32(36)40-19-31(35)22-6-12-25(13-7-22)41-26-14-8-23(9-15-26)34(37)38/h3-18H,19H2,1-2H3. The van der Waals surface area contributed by atoms with Gasteiger partial charge in [-0.1, -0.05) is 11.6 Å². The monoisotopic (exact) mass is 548 g/mol. The first-order valence-electron chi connectivity index (χ1n) is 12.6. The largest absolute Gasteiger partial charge is 0.497 e. The molecule has 0 amide bonds. The number of rotatable bonds is 9. The number of ketones is 1. The Bertz CT molecular complexity index is 1750. The number of nitro groups is 1. The van der Waals surface area contributed by atoms with Crippen molar-refractivity contribution in [2.45, 2.75) is 6.92 Å². The minimum atomic E-state index is -0.635. The van der Waals surface area contributed by atoms with E-state index >= 15 is 0 Å². The normalized spacial score (nSPS) is 10.7. The van der Waals surface area contributed by atoms with E-state index in [1.807, 2.05) is 49.4 Å². The molecule has 0 saturated carbocycles. The van der Waals surface area contributed by atoms with E-state index in [4.69, 9.17) is 19.2 Å². The highest BCUT2D eigenvalue weighted by Crippen LogP contribution is 2.28. The highest BCUT2D eigenvalue weighted by molar-refractivity contribution is 6.06. The van der Waals surface area contributed by atoms with Crippen molar-refractivity contribution in [1.82, 2.24) is 4.98 Å². The van der Waals surface area contributed by atoms with Crippen LogP contribution in [0.2, 0.25) is 0 Å². The molecule has 4 aromatic carbocycles. The van der Waals surface area contributed by atoms with Crippen LogP contribution in [0.3, 0.4) is 0 Å². The molecule has 0 aliphatic rings. The summed E-state index contributed by atoms with van der Waals surface area (Å²) < 4.78 is 16.4. The van der Waals surface area contributed by atoms with Gasteiger partial charge in [0.25, 0.3) is 5.69 Å². The Balaban J connectivity index is 1.30. The number of carbonyl (C=O) groups is 2. The number of esters is 1. The van der Waals surface area contributed by atoms with E-state index in [9.17, 15) is 19.7 Å². The lowest BCUT2D eigenvalue weighted by atomic mass is 10.0. The average molecular weight is 549 g/mol. The van der Waals surface area contributed by atoms with Crippen molar-refractivity contribution in [2.24, 2.45) is 0 Å². The second-order valence-electron chi connectivity index (χ2n) is 9.18. The van der Waals surface area contributed by atoms with Crippen LogP contribution < -0.4 is 9.47 Å². The number of ether oxygens (including phenoxy) is 3. The molecule has 41 heavy (non-hydrogen) atoms. The molecule has 0 saturated heterocycles. The molecule has 0 aliphatic carbocycles. The molecule has 0 N–H and O–H groups in total. The van der Waals surface area contributed by atoms with E-state index in [1.165, 1.54) is 24.3 Å². The second-order valence-corrected chi connectivity index (χ2v) is 9.18. The Morgan fingerprint density at radius 3 is 2.10 bits per heavy atom. The number of benzene rings is 4. The van der Waals surface area contributed by atoms with Crippen LogP contribution in [-0.2, 0) is 4.74 Å². The molecule has 5 rings (SSSR count). The minimum absolute atomic E-state index is 0.0419. The molecule has 1 heterocycles. The smallest absolute Gasteiger partial charge is 0.339 e. The number of Topliss-reactive ketones (excluding diaryl/α,β-unsaturated/α-hetero) is 1. The summed E-state index contributed by atoms with van der Waals surface area (Å²) in [6.45, 7) is 1.47. The van der Waals surface area contributed by atoms with Gasteiger partial charge in [0.15, 0.2) is 12.4 Å². The van der Waals surface area contributed by atoms with Gasteiger partial charge >= 0.3 is 5.97 Å². The van der Waals surface area contributed by atoms with Crippen LogP contribution in [0.4, 0.5) is 5.69 Å². The van der Waals surface area contributed by atoms with Gasteiger partial charge in [-0.05, 0) is 85.8 Å². The number of methoxy groups -OCH3 is 1. The van der Waals surface area contributed by atoms with Crippen LogP contribution in [0.15, 0.2) is 97.1 Å². The zero-order valence-electron chi connectivity index (χ0n) is 22.2. The Hall–Kier alpha value is -5.57. The fraction of sp³-hybridized carbons (Fsp3) is 0.0938. The number of nitro benzene ring substituents is 1. The van der Waals surface area contributed by atoms with Crippen molar-refractivity contribution < 1.29 is 28.7 Å². The first kappa shape index (κ1) is 27.0. The SMILES string of the molecule is COc1ccc(-c2cc(C(=O)OCC(=O)c3ccc(Oc4ccc([N+](=O)[O-])cc4)cc3)c3cc(C)ccc3n2)cc1. The number of hydrogen-bond donors (Lipinski definition) is 0. The number of fused-ring (bicyclic) bond motifs is 1. The Labute approximate surface area is 235 Å². The van der Waals surface area contributed by atoms with Crippen molar-refractivity contribution in [2.75, 3.05) is 13.7 Å². The quantitative estimate of drug-likeness (QED) is 0.0840. The summed E-state index contributed by atoms with van der Waals surface area (Å²) in [5.74, 6) is 0.540. The van der Waals surface area contributed by atoms with Crippen molar-refractivity contribution in [1.29, 1.82) is 0 Å². The van der Waals surface area contributed by atoms with Gasteiger partial charge in [0.05, 0.1) is 28.8 Å². The van der Waals surface area contributed by atoms with E-state index in [0.29, 0.717) is 45.0 Å². The van der Waals surface area contributed by atoms with Gasteiger partial charge in [-0.15, -0.1) is 0 Å². The molecule has 9 nitrogen and oxygen atoms in total. The first-order chi connectivity index (χ1) is 19.8. The summed E-state index contributed by atoms with van der Waals surface area (Å²) in [5.41, 5.74) is 3.58. The van der Waals surface area contributed by atoms with Gasteiger partial charge in [0.2, 0.25) is 0 Å². The lowest BCUT2D eigenvalue weighted by Crippen LogP contribution is -2.15. The van der Waals surface area contributed by atoms with E-state index < -0.39 is 17.5 Å².